The Kier molecular flexibility index (Phi) is 6.75. The molecule has 0 unspecified atom stereocenters. The molecule has 0 bridgehead atoms. The molecule has 4 nitrogen and oxygen atoms in total. The van der Waals surface area contributed by atoms with Crippen LogP contribution in [-0.4, -0.2) is 14.8 Å². The lowest BCUT2D eigenvalue weighted by molar-refractivity contribution is 0.289. The van der Waals surface area contributed by atoms with Crippen molar-refractivity contribution in [2.75, 3.05) is 0 Å². The summed E-state index contributed by atoms with van der Waals surface area (Å²) in [5.74, 6) is 1.80. The first kappa shape index (κ1) is 20.4. The standard InChI is InChI=1S/C21H21ClFN3OS/c1-4-8-26-19(12-27-18-9-14(2)20(22)15(3)10-18)24-25-21(26)28-13-16-6-5-7-17(23)11-16/h4-7,9-11H,1,8,12-13H2,2-3H3. The van der Waals surface area contributed by atoms with Gasteiger partial charge in [-0.1, -0.05) is 41.6 Å². The Morgan fingerprint density at radius 1 is 1.21 bits per heavy atom. The van der Waals surface area contributed by atoms with Crippen LogP contribution in [0.3, 0.4) is 0 Å². The molecule has 0 amide bonds. The highest BCUT2D eigenvalue weighted by Crippen LogP contribution is 2.27. The van der Waals surface area contributed by atoms with Gasteiger partial charge in [0, 0.05) is 17.3 Å². The second kappa shape index (κ2) is 9.26. The Bertz CT molecular complexity index is 967. The first-order valence-corrected chi connectivity index (χ1v) is 10.1. The van der Waals surface area contributed by atoms with Crippen molar-refractivity contribution >= 4 is 23.4 Å². The van der Waals surface area contributed by atoms with Gasteiger partial charge in [0.25, 0.3) is 0 Å². The third-order valence-corrected chi connectivity index (χ3v) is 5.77. The number of aromatic nitrogens is 3. The van der Waals surface area contributed by atoms with Crippen LogP contribution in [0.2, 0.25) is 5.02 Å². The van der Waals surface area contributed by atoms with Crippen molar-refractivity contribution < 1.29 is 9.13 Å². The molecule has 146 valence electrons. The summed E-state index contributed by atoms with van der Waals surface area (Å²) in [4.78, 5) is 0. The number of hydrogen-bond donors (Lipinski definition) is 0. The number of hydrogen-bond acceptors (Lipinski definition) is 4. The van der Waals surface area contributed by atoms with E-state index in [0.29, 0.717) is 18.1 Å². The minimum Gasteiger partial charge on any atom is -0.486 e. The van der Waals surface area contributed by atoms with E-state index >= 15 is 0 Å². The zero-order valence-electron chi connectivity index (χ0n) is 15.8. The highest BCUT2D eigenvalue weighted by molar-refractivity contribution is 7.98. The third kappa shape index (κ3) is 4.94. The van der Waals surface area contributed by atoms with Gasteiger partial charge in [-0.15, -0.1) is 16.8 Å². The molecule has 3 rings (SSSR count). The monoisotopic (exact) mass is 417 g/mol. The molecule has 0 atom stereocenters. The number of thioether (sulfide) groups is 1. The number of benzene rings is 2. The van der Waals surface area contributed by atoms with E-state index in [9.17, 15) is 4.39 Å². The smallest absolute Gasteiger partial charge is 0.191 e. The Morgan fingerprint density at radius 3 is 2.64 bits per heavy atom. The molecule has 0 aliphatic rings. The summed E-state index contributed by atoms with van der Waals surface area (Å²) in [7, 11) is 0. The van der Waals surface area contributed by atoms with Gasteiger partial charge in [0.05, 0.1) is 0 Å². The van der Waals surface area contributed by atoms with E-state index < -0.39 is 0 Å². The fourth-order valence-corrected chi connectivity index (χ4v) is 3.78. The molecular weight excluding hydrogens is 397 g/mol. The fourth-order valence-electron chi connectivity index (χ4n) is 2.76. The number of rotatable bonds is 8. The summed E-state index contributed by atoms with van der Waals surface area (Å²) >= 11 is 7.71. The number of aryl methyl sites for hydroxylation is 2. The molecule has 2 aromatic carbocycles. The molecule has 0 radical (unpaired) electrons. The van der Waals surface area contributed by atoms with Crippen LogP contribution < -0.4 is 4.74 Å². The molecule has 1 heterocycles. The molecule has 0 saturated carbocycles. The zero-order valence-corrected chi connectivity index (χ0v) is 17.4. The Labute approximate surface area is 173 Å². The maximum Gasteiger partial charge on any atom is 0.191 e. The van der Waals surface area contributed by atoms with Crippen molar-refractivity contribution in [1.82, 2.24) is 14.8 Å². The predicted octanol–water partition coefficient (Wildman–Crippen LogP) is 5.74. The van der Waals surface area contributed by atoms with Gasteiger partial charge < -0.3 is 4.74 Å². The van der Waals surface area contributed by atoms with Gasteiger partial charge in [-0.2, -0.15) is 0 Å². The summed E-state index contributed by atoms with van der Waals surface area (Å²) in [5, 5.41) is 10.0. The first-order chi connectivity index (χ1) is 13.5. The fraction of sp³-hybridized carbons (Fsp3) is 0.238. The van der Waals surface area contributed by atoms with E-state index in [2.05, 4.69) is 16.8 Å². The van der Waals surface area contributed by atoms with Gasteiger partial charge in [-0.05, 0) is 54.8 Å². The molecule has 0 N–H and O–H groups in total. The van der Waals surface area contributed by atoms with Gasteiger partial charge in [-0.25, -0.2) is 4.39 Å². The highest BCUT2D eigenvalue weighted by Gasteiger charge is 2.13. The van der Waals surface area contributed by atoms with Gasteiger partial charge >= 0.3 is 0 Å². The largest absolute Gasteiger partial charge is 0.486 e. The lowest BCUT2D eigenvalue weighted by Crippen LogP contribution is -2.07. The molecule has 1 aromatic heterocycles. The Morgan fingerprint density at radius 2 is 1.96 bits per heavy atom. The van der Waals surface area contributed by atoms with Gasteiger partial charge in [0.2, 0.25) is 0 Å². The second-order valence-electron chi connectivity index (χ2n) is 6.38. The number of halogens is 2. The average molecular weight is 418 g/mol. The first-order valence-electron chi connectivity index (χ1n) is 8.77. The van der Waals surface area contributed by atoms with Crippen molar-refractivity contribution in [3.63, 3.8) is 0 Å². The molecule has 0 fully saturated rings. The molecule has 0 saturated heterocycles. The normalized spacial score (nSPS) is 10.9. The lowest BCUT2D eigenvalue weighted by Gasteiger charge is -2.11. The lowest BCUT2D eigenvalue weighted by atomic mass is 10.1. The topological polar surface area (TPSA) is 39.9 Å². The summed E-state index contributed by atoms with van der Waals surface area (Å²) < 4.78 is 21.2. The Balaban J connectivity index is 1.72. The highest BCUT2D eigenvalue weighted by atomic mass is 35.5. The van der Waals surface area contributed by atoms with E-state index in [1.54, 1.807) is 12.1 Å². The van der Waals surface area contributed by atoms with E-state index in [4.69, 9.17) is 16.3 Å². The van der Waals surface area contributed by atoms with Gasteiger partial charge in [-0.3, -0.25) is 4.57 Å². The van der Waals surface area contributed by atoms with Crippen LogP contribution in [0.15, 0.2) is 54.2 Å². The molecule has 0 aliphatic carbocycles. The molecule has 3 aromatic rings. The van der Waals surface area contributed by atoms with Crippen molar-refractivity contribution in [2.45, 2.75) is 37.9 Å². The second-order valence-corrected chi connectivity index (χ2v) is 7.70. The van der Waals surface area contributed by atoms with E-state index in [1.807, 2.05) is 36.6 Å². The van der Waals surface area contributed by atoms with Crippen LogP contribution >= 0.6 is 23.4 Å². The van der Waals surface area contributed by atoms with Crippen molar-refractivity contribution in [2.24, 2.45) is 0 Å². The summed E-state index contributed by atoms with van der Waals surface area (Å²) in [6, 6.07) is 10.4. The van der Waals surface area contributed by atoms with Crippen molar-refractivity contribution in [3.8, 4) is 5.75 Å². The van der Waals surface area contributed by atoms with Crippen molar-refractivity contribution in [3.05, 3.63) is 82.4 Å². The molecule has 7 heteroatoms. The van der Waals surface area contributed by atoms with Crippen LogP contribution in [-0.2, 0) is 18.9 Å². The number of ether oxygens (including phenoxy) is 1. The summed E-state index contributed by atoms with van der Waals surface area (Å²) in [5.41, 5.74) is 2.83. The van der Waals surface area contributed by atoms with E-state index in [1.165, 1.54) is 23.9 Å². The van der Waals surface area contributed by atoms with E-state index in [0.717, 1.165) is 32.6 Å². The minimum absolute atomic E-state index is 0.242. The quantitative estimate of drug-likeness (QED) is 0.346. The summed E-state index contributed by atoms with van der Waals surface area (Å²) in [6.07, 6.45) is 1.79. The number of nitrogens with zero attached hydrogens (tertiary/aromatic N) is 3. The average Bonchev–Trinajstić information content (AvgIpc) is 3.05. The Hall–Kier alpha value is -2.31. The third-order valence-electron chi connectivity index (χ3n) is 4.14. The number of allylic oxidation sites excluding steroid dienone is 1. The molecule has 28 heavy (non-hydrogen) atoms. The van der Waals surface area contributed by atoms with Crippen LogP contribution in [0.4, 0.5) is 4.39 Å². The minimum atomic E-state index is -0.242. The van der Waals surface area contributed by atoms with Crippen molar-refractivity contribution in [1.29, 1.82) is 0 Å². The summed E-state index contributed by atoms with van der Waals surface area (Å²) in [6.45, 7) is 8.55. The van der Waals surface area contributed by atoms with Gasteiger partial charge in [0.15, 0.2) is 11.0 Å². The van der Waals surface area contributed by atoms with Crippen LogP contribution in [0.5, 0.6) is 5.75 Å². The maximum absolute atomic E-state index is 13.4. The molecule has 0 aliphatic heterocycles. The molecular formula is C21H21ClFN3OS. The van der Waals surface area contributed by atoms with Crippen LogP contribution in [0, 0.1) is 19.7 Å². The maximum atomic E-state index is 13.4. The van der Waals surface area contributed by atoms with Crippen LogP contribution in [0.25, 0.3) is 0 Å². The van der Waals surface area contributed by atoms with E-state index in [-0.39, 0.29) is 12.4 Å². The predicted molar refractivity (Wildman–Crippen MR) is 111 cm³/mol. The SMILES string of the molecule is C=CCn1c(COc2cc(C)c(Cl)c(C)c2)nnc1SCc1cccc(F)c1. The zero-order chi connectivity index (χ0) is 20.1. The molecule has 0 spiro atoms. The van der Waals surface area contributed by atoms with Crippen LogP contribution in [0.1, 0.15) is 22.5 Å². The van der Waals surface area contributed by atoms with Gasteiger partial charge in [0.1, 0.15) is 18.2 Å².